The van der Waals surface area contributed by atoms with E-state index in [9.17, 15) is 13.2 Å². The van der Waals surface area contributed by atoms with Gasteiger partial charge in [-0.2, -0.15) is 13.5 Å². The molecule has 2 heterocycles. The zero-order valence-electron chi connectivity index (χ0n) is 18.9. The fourth-order valence-corrected chi connectivity index (χ4v) is 6.75. The maximum atomic E-state index is 12.6. The van der Waals surface area contributed by atoms with Gasteiger partial charge in [-0.25, -0.2) is 14.5 Å². The summed E-state index contributed by atoms with van der Waals surface area (Å²) in [7, 11) is -4.08. The molecule has 0 spiro atoms. The van der Waals surface area contributed by atoms with E-state index in [0.29, 0.717) is 22.1 Å². The lowest BCUT2D eigenvalue weighted by Gasteiger charge is -2.18. The van der Waals surface area contributed by atoms with Crippen molar-refractivity contribution in [1.29, 1.82) is 0 Å². The van der Waals surface area contributed by atoms with Crippen molar-refractivity contribution in [3.63, 3.8) is 0 Å². The maximum Gasteiger partial charge on any atom is 0.329 e. The number of allylic oxidation sites excluding steroid dienone is 1. The Morgan fingerprint density at radius 3 is 2.81 bits per heavy atom. The molecule has 8 nitrogen and oxygen atoms in total. The van der Waals surface area contributed by atoms with Gasteiger partial charge in [-0.3, -0.25) is 4.68 Å². The zero-order chi connectivity index (χ0) is 25.3. The van der Waals surface area contributed by atoms with Gasteiger partial charge in [0.1, 0.15) is 0 Å². The number of para-hydroxylation sites is 1. The predicted octanol–water partition coefficient (Wildman–Crippen LogP) is 5.26. The summed E-state index contributed by atoms with van der Waals surface area (Å²) in [5.41, 5.74) is 4.62. The summed E-state index contributed by atoms with van der Waals surface area (Å²) in [6, 6.07) is 11.6. The lowest BCUT2D eigenvalue weighted by atomic mass is 9.92. The number of nitrogens with zero attached hydrogens (tertiary/aromatic N) is 3. The third-order valence-electron chi connectivity index (χ3n) is 5.79. The average molecular weight is 563 g/mol. The number of thiazole rings is 1. The third kappa shape index (κ3) is 5.27. The van der Waals surface area contributed by atoms with Gasteiger partial charge in [0, 0.05) is 16.6 Å². The van der Waals surface area contributed by atoms with Gasteiger partial charge in [-0.1, -0.05) is 47.5 Å². The van der Waals surface area contributed by atoms with Crippen molar-refractivity contribution in [1.82, 2.24) is 24.8 Å². The van der Waals surface area contributed by atoms with Gasteiger partial charge in [-0.05, 0) is 60.2 Å². The molecule has 5 rings (SSSR count). The van der Waals surface area contributed by atoms with E-state index in [1.165, 1.54) is 0 Å². The molecule has 186 valence electrons. The van der Waals surface area contributed by atoms with Crippen molar-refractivity contribution in [2.45, 2.75) is 30.1 Å². The van der Waals surface area contributed by atoms with Gasteiger partial charge in [0.05, 0.1) is 28.7 Å². The van der Waals surface area contributed by atoms with Crippen LogP contribution in [0.5, 0.6) is 0 Å². The number of benzene rings is 2. The number of amides is 2. The number of rotatable bonds is 6. The summed E-state index contributed by atoms with van der Waals surface area (Å²) in [4.78, 5) is 16.5. The van der Waals surface area contributed by atoms with Crippen LogP contribution in [0.4, 0.5) is 4.79 Å². The molecule has 0 saturated heterocycles. The van der Waals surface area contributed by atoms with E-state index >= 15 is 0 Å². The molecule has 2 aromatic carbocycles. The van der Waals surface area contributed by atoms with Crippen LogP contribution in [-0.2, 0) is 23.0 Å². The minimum atomic E-state index is -4.08. The largest absolute Gasteiger partial charge is 0.334 e. The second-order valence-electron chi connectivity index (χ2n) is 8.26. The minimum Gasteiger partial charge on any atom is -0.334 e. The quantitative estimate of drug-likeness (QED) is 0.334. The first-order chi connectivity index (χ1) is 17.3. The highest BCUT2D eigenvalue weighted by Crippen LogP contribution is 2.32. The third-order valence-corrected chi connectivity index (χ3v) is 9.12. The van der Waals surface area contributed by atoms with Crippen molar-refractivity contribution in [3.8, 4) is 0 Å². The molecule has 0 fully saturated rings. The van der Waals surface area contributed by atoms with Crippen LogP contribution < -0.4 is 10.0 Å². The highest BCUT2D eigenvalue weighted by molar-refractivity contribution is 7.92. The lowest BCUT2D eigenvalue weighted by molar-refractivity contribution is 0.247. The molecule has 0 saturated carbocycles. The summed E-state index contributed by atoms with van der Waals surface area (Å²) in [5.74, 6) is 0. The molecule has 2 amide bonds. The summed E-state index contributed by atoms with van der Waals surface area (Å²) in [5, 5.41) is 8.29. The Kier molecular flexibility index (Phi) is 7.03. The van der Waals surface area contributed by atoms with Crippen LogP contribution in [0.25, 0.3) is 15.8 Å². The smallest absolute Gasteiger partial charge is 0.329 e. The maximum absolute atomic E-state index is 12.6. The Labute approximate surface area is 222 Å². The SMILES string of the molecule is O=C(NC/C=C1\CCCc2cnn(Cc3ccc(Cl)cc3Cl)c21)NS(=O)(=O)c1nc2ccccc2s1. The second-order valence-corrected chi connectivity index (χ2v) is 12.0. The van der Waals surface area contributed by atoms with Crippen molar-refractivity contribution < 1.29 is 13.2 Å². The van der Waals surface area contributed by atoms with Crippen LogP contribution in [0.15, 0.2) is 59.1 Å². The first-order valence-electron chi connectivity index (χ1n) is 11.1. The fraction of sp³-hybridized carbons (Fsp3) is 0.208. The van der Waals surface area contributed by atoms with Crippen molar-refractivity contribution >= 4 is 66.4 Å². The molecular weight excluding hydrogens is 541 g/mol. The van der Waals surface area contributed by atoms with Gasteiger partial charge < -0.3 is 5.32 Å². The van der Waals surface area contributed by atoms with Crippen molar-refractivity contribution in [2.75, 3.05) is 6.54 Å². The second kappa shape index (κ2) is 10.2. The number of halogens is 2. The highest BCUT2D eigenvalue weighted by atomic mass is 35.5. The fourth-order valence-electron chi connectivity index (χ4n) is 4.13. The molecule has 36 heavy (non-hydrogen) atoms. The van der Waals surface area contributed by atoms with Crippen molar-refractivity contribution in [3.05, 3.63) is 81.6 Å². The molecule has 1 aliphatic rings. The van der Waals surface area contributed by atoms with Gasteiger partial charge in [0.15, 0.2) is 0 Å². The lowest BCUT2D eigenvalue weighted by Crippen LogP contribution is -2.39. The molecule has 1 aliphatic carbocycles. The molecule has 0 atom stereocenters. The number of fused-ring (bicyclic) bond motifs is 2. The topological polar surface area (TPSA) is 106 Å². The molecule has 2 aromatic heterocycles. The van der Waals surface area contributed by atoms with Crippen LogP contribution in [0.3, 0.4) is 0 Å². The van der Waals surface area contributed by atoms with E-state index in [2.05, 4.69) is 15.4 Å². The Balaban J connectivity index is 1.27. The Bertz CT molecular complexity index is 1560. The predicted molar refractivity (Wildman–Crippen MR) is 142 cm³/mol. The number of hydrogen-bond acceptors (Lipinski definition) is 6. The average Bonchev–Trinajstić information content (AvgIpc) is 3.46. The Morgan fingerprint density at radius 2 is 2.00 bits per heavy atom. The first kappa shape index (κ1) is 24.8. The standard InChI is InChI=1S/C24H21Cl2N5O3S2/c25-18-9-8-17(19(26)12-18)14-31-22-15(4-3-5-16(22)13-28-31)10-11-27-23(32)30-36(33,34)24-29-20-6-1-2-7-21(20)35-24/h1-2,6-10,12-13H,3-5,11,14H2,(H2,27,30,32)/b15-10+. The molecule has 0 aliphatic heterocycles. The summed E-state index contributed by atoms with van der Waals surface area (Å²) in [6.07, 6.45) is 6.44. The molecule has 0 unspecified atom stereocenters. The monoisotopic (exact) mass is 561 g/mol. The van der Waals surface area contributed by atoms with E-state index < -0.39 is 16.1 Å². The molecular formula is C24H21Cl2N5O3S2. The Morgan fingerprint density at radius 1 is 1.17 bits per heavy atom. The van der Waals surface area contributed by atoms with Crippen LogP contribution in [0.1, 0.15) is 29.7 Å². The van der Waals surface area contributed by atoms with Crippen molar-refractivity contribution in [2.24, 2.45) is 0 Å². The van der Waals surface area contributed by atoms with Crippen LogP contribution in [0, 0.1) is 0 Å². The van der Waals surface area contributed by atoms with Gasteiger partial charge >= 0.3 is 6.03 Å². The van der Waals surface area contributed by atoms with E-state index in [1.54, 1.807) is 36.4 Å². The summed E-state index contributed by atoms with van der Waals surface area (Å²) >= 11 is 13.4. The van der Waals surface area contributed by atoms with E-state index in [1.807, 2.05) is 27.7 Å². The number of sulfonamides is 1. The number of aromatic nitrogens is 3. The number of carbonyl (C=O) groups is 1. The highest BCUT2D eigenvalue weighted by Gasteiger charge is 2.23. The number of nitrogens with one attached hydrogen (secondary N) is 2. The van der Waals surface area contributed by atoms with Crippen LogP contribution >= 0.6 is 34.5 Å². The molecule has 2 N–H and O–H groups in total. The zero-order valence-corrected chi connectivity index (χ0v) is 22.0. The minimum absolute atomic E-state index is 0.154. The Hall–Kier alpha value is -2.92. The summed E-state index contributed by atoms with van der Waals surface area (Å²) in [6.45, 7) is 0.639. The van der Waals surface area contributed by atoms with Gasteiger partial charge in [-0.15, -0.1) is 11.3 Å². The molecule has 4 aromatic rings. The van der Waals surface area contributed by atoms with Gasteiger partial charge in [0.2, 0.25) is 4.34 Å². The van der Waals surface area contributed by atoms with Crippen LogP contribution in [0.2, 0.25) is 10.0 Å². The summed E-state index contributed by atoms with van der Waals surface area (Å²) < 4.78 is 29.7. The van der Waals surface area contributed by atoms with Gasteiger partial charge in [0.25, 0.3) is 10.0 Å². The normalized spacial score (nSPS) is 14.7. The molecule has 0 radical (unpaired) electrons. The van der Waals surface area contributed by atoms with E-state index in [4.69, 9.17) is 23.2 Å². The first-order valence-corrected chi connectivity index (χ1v) is 14.2. The number of hydrogen-bond donors (Lipinski definition) is 2. The number of urea groups is 1. The number of aryl methyl sites for hydroxylation is 1. The van der Waals surface area contributed by atoms with E-state index in [0.717, 1.165) is 57.7 Å². The molecule has 12 heteroatoms. The van der Waals surface area contributed by atoms with E-state index in [-0.39, 0.29) is 10.9 Å². The molecule has 0 bridgehead atoms. The van der Waals surface area contributed by atoms with Crippen LogP contribution in [-0.4, -0.2) is 35.8 Å². The number of carbonyl (C=O) groups excluding carboxylic acids is 1.